The highest BCUT2D eigenvalue weighted by molar-refractivity contribution is 6.62. The average molecular weight is 389 g/mol. The zero-order valence-corrected chi connectivity index (χ0v) is 18.3. The first-order valence-electron chi connectivity index (χ1n) is 10.6. The fraction of sp³-hybridized carbons (Fsp3) is 0.947. The minimum atomic E-state index is -2.78. The Morgan fingerprint density at radius 3 is 1.96 bits per heavy atom. The van der Waals surface area contributed by atoms with E-state index in [-0.39, 0.29) is 11.6 Å². The number of nitrogens with one attached hydrogen (secondary N) is 1. The third kappa shape index (κ3) is 7.54. The van der Waals surface area contributed by atoms with E-state index in [4.69, 9.17) is 13.3 Å². The summed E-state index contributed by atoms with van der Waals surface area (Å²) >= 11 is 0. The largest absolute Gasteiger partial charge is 0.504 e. The molecule has 0 saturated carbocycles. The number of carbonyl (C=O) groups is 1. The third-order valence-corrected chi connectivity index (χ3v) is 8.02. The van der Waals surface area contributed by atoms with Gasteiger partial charge in [-0.3, -0.25) is 0 Å². The number of amides is 2. The minimum absolute atomic E-state index is 0.0462. The zero-order chi connectivity index (χ0) is 19.3. The summed E-state index contributed by atoms with van der Waals surface area (Å²) in [5, 5.41) is 2.88. The number of carbonyl (C=O) groups excluding carboxylic acids is 1. The Balaban J connectivity index is 2.91. The van der Waals surface area contributed by atoms with Crippen LogP contribution in [0.4, 0.5) is 4.79 Å². The van der Waals surface area contributed by atoms with Crippen LogP contribution in [-0.4, -0.2) is 59.2 Å². The molecule has 0 radical (unpaired) electrons. The van der Waals surface area contributed by atoms with Crippen molar-refractivity contribution in [3.8, 4) is 0 Å². The van der Waals surface area contributed by atoms with Gasteiger partial charge in [0.05, 0.1) is 0 Å². The maximum absolute atomic E-state index is 11.9. The van der Waals surface area contributed by atoms with Crippen LogP contribution in [0.3, 0.4) is 0 Å². The second kappa shape index (κ2) is 13.5. The maximum atomic E-state index is 11.9. The molecule has 154 valence electrons. The van der Waals surface area contributed by atoms with E-state index in [2.05, 4.69) is 33.0 Å². The van der Waals surface area contributed by atoms with Gasteiger partial charge in [0.15, 0.2) is 0 Å². The molecule has 0 aromatic carbocycles. The molecule has 0 spiro atoms. The van der Waals surface area contributed by atoms with Crippen LogP contribution in [0, 0.1) is 0 Å². The smallest absolute Gasteiger partial charge is 0.373 e. The lowest BCUT2D eigenvalue weighted by molar-refractivity contribution is 0.0462. The van der Waals surface area contributed by atoms with Gasteiger partial charge in [0.1, 0.15) is 0 Å². The highest BCUT2D eigenvalue weighted by Crippen LogP contribution is 2.35. The van der Waals surface area contributed by atoms with Crippen LogP contribution in [0.1, 0.15) is 72.6 Å². The monoisotopic (exact) mass is 388 g/mol. The van der Waals surface area contributed by atoms with E-state index in [1.807, 2.05) is 4.90 Å². The minimum Gasteiger partial charge on any atom is -0.373 e. The molecule has 0 aromatic heterocycles. The first kappa shape index (κ1) is 23.4. The molecule has 26 heavy (non-hydrogen) atoms. The van der Waals surface area contributed by atoms with Crippen LogP contribution in [0.15, 0.2) is 0 Å². The zero-order valence-electron chi connectivity index (χ0n) is 17.3. The van der Waals surface area contributed by atoms with Crippen LogP contribution in [0.5, 0.6) is 0 Å². The molecule has 1 fully saturated rings. The van der Waals surface area contributed by atoms with Gasteiger partial charge in [-0.2, -0.15) is 0 Å². The molecular weight excluding hydrogens is 348 g/mol. The molecule has 0 bridgehead atoms. The van der Waals surface area contributed by atoms with Gasteiger partial charge in [-0.25, -0.2) is 4.79 Å². The van der Waals surface area contributed by atoms with Crippen molar-refractivity contribution in [1.82, 2.24) is 10.2 Å². The Kier molecular flexibility index (Phi) is 12.2. The van der Waals surface area contributed by atoms with Gasteiger partial charge >= 0.3 is 14.8 Å². The van der Waals surface area contributed by atoms with Crippen LogP contribution < -0.4 is 5.32 Å². The molecule has 6 nitrogen and oxygen atoms in total. The summed E-state index contributed by atoms with van der Waals surface area (Å²) in [5.41, 5.74) is 0.250. The lowest BCUT2D eigenvalue weighted by Gasteiger charge is -2.36. The van der Waals surface area contributed by atoms with Crippen LogP contribution in [0.25, 0.3) is 0 Å². The number of unbranched alkanes of at least 4 members (excludes halogenated alkanes) is 1. The predicted molar refractivity (Wildman–Crippen MR) is 107 cm³/mol. The second-order valence-electron chi connectivity index (χ2n) is 7.00. The summed E-state index contributed by atoms with van der Waals surface area (Å²) in [6.07, 6.45) is 7.05. The molecule has 1 atom stereocenters. The number of nitrogens with zero attached hydrogens (tertiary/aromatic N) is 1. The van der Waals surface area contributed by atoms with Gasteiger partial charge in [-0.05, 0) is 32.1 Å². The number of urea groups is 1. The molecule has 1 heterocycles. The molecule has 1 aliphatic heterocycles. The van der Waals surface area contributed by atoms with Crippen LogP contribution >= 0.6 is 0 Å². The lowest BCUT2D eigenvalue weighted by atomic mass is 10.1. The van der Waals surface area contributed by atoms with E-state index in [0.717, 1.165) is 64.6 Å². The van der Waals surface area contributed by atoms with Gasteiger partial charge in [-0.1, -0.05) is 40.5 Å². The van der Waals surface area contributed by atoms with Crippen LogP contribution in [-0.2, 0) is 13.3 Å². The maximum Gasteiger partial charge on any atom is 0.504 e. The summed E-state index contributed by atoms with van der Waals surface area (Å²) in [6.45, 7) is 12.9. The Morgan fingerprint density at radius 2 is 1.54 bits per heavy atom. The molecule has 1 N–H and O–H groups in total. The molecule has 7 heteroatoms. The van der Waals surface area contributed by atoms with Gasteiger partial charge in [0, 0.05) is 45.0 Å². The normalized spacial score (nSPS) is 16.2. The van der Waals surface area contributed by atoms with E-state index in [9.17, 15) is 4.79 Å². The molecule has 0 aromatic rings. The van der Waals surface area contributed by atoms with Crippen molar-refractivity contribution in [2.45, 2.75) is 78.2 Å². The summed E-state index contributed by atoms with van der Waals surface area (Å²) in [4.78, 5) is 13.8. The Bertz CT molecular complexity index is 363. The van der Waals surface area contributed by atoms with Crippen molar-refractivity contribution in [2.24, 2.45) is 0 Å². The van der Waals surface area contributed by atoms with Gasteiger partial charge < -0.3 is 23.5 Å². The molecule has 1 unspecified atom stereocenters. The van der Waals surface area contributed by atoms with Crippen molar-refractivity contribution in [3.63, 3.8) is 0 Å². The van der Waals surface area contributed by atoms with Crippen molar-refractivity contribution >= 4 is 14.8 Å². The lowest BCUT2D eigenvalue weighted by Crippen LogP contribution is -2.51. The van der Waals surface area contributed by atoms with Gasteiger partial charge in [0.25, 0.3) is 0 Å². The Labute approximate surface area is 161 Å². The Morgan fingerprint density at radius 1 is 0.962 bits per heavy atom. The SMILES string of the molecule is CCCCC(CCN1CCNC1=O)[Si](OCCC)(OCCC)OCCC. The highest BCUT2D eigenvalue weighted by atomic mass is 28.4. The Hall–Kier alpha value is -0.633. The summed E-state index contributed by atoms with van der Waals surface area (Å²) < 4.78 is 19.1. The molecule has 0 aliphatic carbocycles. The number of hydrogen-bond acceptors (Lipinski definition) is 4. The first-order chi connectivity index (χ1) is 12.6. The topological polar surface area (TPSA) is 60.0 Å². The molecule has 1 rings (SSSR count). The highest BCUT2D eigenvalue weighted by Gasteiger charge is 2.49. The van der Waals surface area contributed by atoms with E-state index in [1.54, 1.807) is 0 Å². The predicted octanol–water partition coefficient (Wildman–Crippen LogP) is 4.18. The van der Waals surface area contributed by atoms with E-state index < -0.39 is 8.80 Å². The molecule has 1 aliphatic rings. The molecule has 2 amide bonds. The van der Waals surface area contributed by atoms with E-state index >= 15 is 0 Å². The van der Waals surface area contributed by atoms with Crippen molar-refractivity contribution in [2.75, 3.05) is 39.5 Å². The third-order valence-electron chi connectivity index (χ3n) is 4.62. The summed E-state index contributed by atoms with van der Waals surface area (Å²) in [7, 11) is -2.78. The average Bonchev–Trinajstić information content (AvgIpc) is 3.07. The van der Waals surface area contributed by atoms with Crippen molar-refractivity contribution in [3.05, 3.63) is 0 Å². The summed E-state index contributed by atoms with van der Waals surface area (Å²) in [5.74, 6) is 0. The van der Waals surface area contributed by atoms with Gasteiger partial charge in [0.2, 0.25) is 0 Å². The fourth-order valence-corrected chi connectivity index (χ4v) is 6.66. The molecular formula is C19H40N2O4Si. The number of hydrogen-bond donors (Lipinski definition) is 1. The standard InChI is InChI=1S/C19H40N2O4Si/c1-5-9-10-18(11-13-21-14-12-20-19(21)22)26(23-15-6-2,24-16-7-3)25-17-8-4/h18H,5-17H2,1-4H3,(H,20,22). The fourth-order valence-electron chi connectivity index (χ4n) is 3.20. The summed E-state index contributed by atoms with van der Waals surface area (Å²) in [6, 6.07) is 0.0462. The van der Waals surface area contributed by atoms with E-state index in [0.29, 0.717) is 19.8 Å². The number of rotatable bonds is 16. The van der Waals surface area contributed by atoms with Crippen molar-refractivity contribution in [1.29, 1.82) is 0 Å². The quantitative estimate of drug-likeness (QED) is 0.403. The second-order valence-corrected chi connectivity index (χ2v) is 9.89. The van der Waals surface area contributed by atoms with E-state index in [1.165, 1.54) is 0 Å². The van der Waals surface area contributed by atoms with Gasteiger partial charge in [-0.15, -0.1) is 0 Å². The van der Waals surface area contributed by atoms with Crippen LogP contribution in [0.2, 0.25) is 5.54 Å². The first-order valence-corrected chi connectivity index (χ1v) is 12.4. The van der Waals surface area contributed by atoms with Crippen molar-refractivity contribution < 1.29 is 18.1 Å². The molecule has 1 saturated heterocycles.